The molecule has 2 heterocycles. The summed E-state index contributed by atoms with van der Waals surface area (Å²) in [6, 6.07) is 15.4. The van der Waals surface area contributed by atoms with Crippen LogP contribution in [-0.4, -0.2) is 9.97 Å². The molecule has 4 nitrogen and oxygen atoms in total. The zero-order valence-electron chi connectivity index (χ0n) is 12.0. The van der Waals surface area contributed by atoms with E-state index in [0.717, 1.165) is 16.5 Å². The lowest BCUT2D eigenvalue weighted by Gasteiger charge is -2.09. The molecule has 112 valence electrons. The zero-order valence-corrected chi connectivity index (χ0v) is 12.0. The van der Waals surface area contributed by atoms with E-state index < -0.39 is 0 Å². The molecule has 0 aliphatic rings. The molecule has 0 aliphatic carbocycles. The van der Waals surface area contributed by atoms with Crippen LogP contribution in [-0.2, 0) is 0 Å². The van der Waals surface area contributed by atoms with Gasteiger partial charge >= 0.3 is 0 Å². The van der Waals surface area contributed by atoms with E-state index in [1.54, 1.807) is 30.5 Å². The number of aromatic amines is 1. The smallest absolute Gasteiger partial charge is 0.257 e. The Kier molecular flexibility index (Phi) is 3.05. The van der Waals surface area contributed by atoms with Gasteiger partial charge in [-0.3, -0.25) is 4.79 Å². The summed E-state index contributed by atoms with van der Waals surface area (Å²) >= 11 is 0. The fourth-order valence-corrected chi connectivity index (χ4v) is 2.67. The summed E-state index contributed by atoms with van der Waals surface area (Å²) in [5.74, 6) is -0.304. The van der Waals surface area contributed by atoms with E-state index in [2.05, 4.69) is 15.3 Å². The normalized spacial score (nSPS) is 11.0. The Hall–Kier alpha value is -3.21. The number of nitrogens with one attached hydrogen (secondary N) is 2. The summed E-state index contributed by atoms with van der Waals surface area (Å²) in [7, 11) is 0. The first-order valence-electron chi connectivity index (χ1n) is 7.14. The van der Waals surface area contributed by atoms with Gasteiger partial charge in [0.25, 0.3) is 5.56 Å². The Balaban J connectivity index is 1.90. The highest BCUT2D eigenvalue weighted by Crippen LogP contribution is 2.25. The molecule has 2 aromatic carbocycles. The lowest BCUT2D eigenvalue weighted by molar-refractivity contribution is 0.628. The number of benzene rings is 2. The minimum absolute atomic E-state index is 0.177. The molecule has 23 heavy (non-hydrogen) atoms. The lowest BCUT2D eigenvalue weighted by atomic mass is 10.1. The quantitative estimate of drug-likeness (QED) is 0.551. The van der Waals surface area contributed by atoms with Crippen LogP contribution in [0.1, 0.15) is 0 Å². The number of aromatic nitrogens is 2. The number of anilines is 2. The van der Waals surface area contributed by atoms with E-state index in [-0.39, 0.29) is 11.4 Å². The molecule has 0 unspecified atom stereocenters. The molecule has 0 atom stereocenters. The molecule has 4 rings (SSSR count). The van der Waals surface area contributed by atoms with Crippen molar-refractivity contribution in [1.82, 2.24) is 9.97 Å². The van der Waals surface area contributed by atoms with Gasteiger partial charge in [-0.05, 0) is 48.5 Å². The van der Waals surface area contributed by atoms with E-state index in [1.807, 2.05) is 18.2 Å². The number of fused-ring (bicyclic) bond motifs is 3. The molecule has 2 N–H and O–H groups in total. The summed E-state index contributed by atoms with van der Waals surface area (Å²) < 4.78 is 13.3. The van der Waals surface area contributed by atoms with E-state index in [1.165, 1.54) is 12.1 Å². The fourth-order valence-electron chi connectivity index (χ4n) is 2.67. The van der Waals surface area contributed by atoms with Crippen molar-refractivity contribution < 1.29 is 4.39 Å². The topological polar surface area (TPSA) is 57.8 Å². The molecule has 5 heteroatoms. The van der Waals surface area contributed by atoms with Gasteiger partial charge in [-0.1, -0.05) is 6.07 Å². The number of nitrogens with zero attached hydrogens (tertiary/aromatic N) is 1. The first-order valence-corrected chi connectivity index (χ1v) is 7.14. The summed E-state index contributed by atoms with van der Waals surface area (Å²) in [5, 5.41) is 5.41. The number of hydrogen-bond donors (Lipinski definition) is 2. The van der Waals surface area contributed by atoms with Crippen LogP contribution in [0, 0.1) is 5.82 Å². The molecule has 0 spiro atoms. The average molecular weight is 305 g/mol. The largest absolute Gasteiger partial charge is 0.355 e. The SMILES string of the molecule is O=c1[nH]c2ncccc2c2cc(Nc3cccc(F)c3)ccc12. The zero-order chi connectivity index (χ0) is 15.8. The van der Waals surface area contributed by atoms with Crippen LogP contribution in [0.5, 0.6) is 0 Å². The third kappa shape index (κ3) is 2.42. The molecule has 0 aliphatic heterocycles. The Morgan fingerprint density at radius 2 is 1.78 bits per heavy atom. The second kappa shape index (κ2) is 5.21. The molecule has 0 saturated heterocycles. The Morgan fingerprint density at radius 1 is 0.913 bits per heavy atom. The van der Waals surface area contributed by atoms with Crippen LogP contribution in [0.4, 0.5) is 15.8 Å². The molecule has 0 radical (unpaired) electrons. The summed E-state index contributed by atoms with van der Waals surface area (Å²) in [5.41, 5.74) is 1.80. The lowest BCUT2D eigenvalue weighted by Crippen LogP contribution is -2.07. The van der Waals surface area contributed by atoms with Gasteiger partial charge in [0.05, 0.1) is 0 Å². The molecule has 4 aromatic rings. The van der Waals surface area contributed by atoms with E-state index in [9.17, 15) is 9.18 Å². The third-order valence-corrected chi connectivity index (χ3v) is 3.71. The van der Waals surface area contributed by atoms with Crippen molar-refractivity contribution in [3.8, 4) is 0 Å². The van der Waals surface area contributed by atoms with Crippen molar-refractivity contribution in [3.05, 3.63) is 77.0 Å². The highest BCUT2D eigenvalue weighted by Gasteiger charge is 2.07. The van der Waals surface area contributed by atoms with Crippen molar-refractivity contribution in [2.45, 2.75) is 0 Å². The van der Waals surface area contributed by atoms with Crippen molar-refractivity contribution in [2.24, 2.45) is 0 Å². The van der Waals surface area contributed by atoms with E-state index in [4.69, 9.17) is 0 Å². The number of H-pyrrole nitrogens is 1. The van der Waals surface area contributed by atoms with Crippen LogP contribution in [0.15, 0.2) is 65.6 Å². The Bertz CT molecular complexity index is 1090. The predicted molar refractivity (Wildman–Crippen MR) is 89.6 cm³/mol. The van der Waals surface area contributed by atoms with Crippen LogP contribution < -0.4 is 10.9 Å². The van der Waals surface area contributed by atoms with Gasteiger partial charge in [-0.25, -0.2) is 9.37 Å². The van der Waals surface area contributed by atoms with Gasteiger partial charge in [0.2, 0.25) is 0 Å². The van der Waals surface area contributed by atoms with Crippen molar-refractivity contribution in [2.75, 3.05) is 5.32 Å². The van der Waals surface area contributed by atoms with Crippen molar-refractivity contribution in [3.63, 3.8) is 0 Å². The van der Waals surface area contributed by atoms with Gasteiger partial charge in [0.1, 0.15) is 11.5 Å². The molecule has 2 aromatic heterocycles. The monoisotopic (exact) mass is 305 g/mol. The second-order valence-corrected chi connectivity index (χ2v) is 5.25. The third-order valence-electron chi connectivity index (χ3n) is 3.71. The standard InChI is InChI=1S/C18H12FN3O/c19-11-3-1-4-12(9-11)21-13-6-7-15-16(10-13)14-5-2-8-20-17(14)22-18(15)23/h1-10,21H,(H,20,22,23). The molecular formula is C18H12FN3O. The maximum Gasteiger partial charge on any atom is 0.257 e. The van der Waals surface area contributed by atoms with E-state index >= 15 is 0 Å². The van der Waals surface area contributed by atoms with Gasteiger partial charge in [0.15, 0.2) is 0 Å². The van der Waals surface area contributed by atoms with Crippen LogP contribution in [0.3, 0.4) is 0 Å². The van der Waals surface area contributed by atoms with Crippen molar-refractivity contribution in [1.29, 1.82) is 0 Å². The molecule has 0 saturated carbocycles. The first-order chi connectivity index (χ1) is 11.2. The maximum atomic E-state index is 13.3. The van der Waals surface area contributed by atoms with Gasteiger partial charge in [-0.15, -0.1) is 0 Å². The van der Waals surface area contributed by atoms with Gasteiger partial charge in [-0.2, -0.15) is 0 Å². The predicted octanol–water partition coefficient (Wildman–Crippen LogP) is 3.96. The number of pyridine rings is 2. The highest BCUT2D eigenvalue weighted by molar-refractivity contribution is 6.05. The van der Waals surface area contributed by atoms with Crippen LogP contribution >= 0.6 is 0 Å². The van der Waals surface area contributed by atoms with Gasteiger partial charge < -0.3 is 10.3 Å². The number of halogens is 1. The second-order valence-electron chi connectivity index (χ2n) is 5.25. The molecule has 0 bridgehead atoms. The number of hydrogen-bond acceptors (Lipinski definition) is 3. The Morgan fingerprint density at radius 3 is 2.65 bits per heavy atom. The Labute approximate surface area is 130 Å². The fraction of sp³-hybridized carbons (Fsp3) is 0. The van der Waals surface area contributed by atoms with Crippen molar-refractivity contribution >= 4 is 33.2 Å². The molecular weight excluding hydrogens is 293 g/mol. The summed E-state index contributed by atoms with van der Waals surface area (Å²) in [6.07, 6.45) is 1.64. The first kappa shape index (κ1) is 13.5. The molecule has 0 amide bonds. The highest BCUT2D eigenvalue weighted by atomic mass is 19.1. The van der Waals surface area contributed by atoms with Crippen LogP contribution in [0.2, 0.25) is 0 Å². The van der Waals surface area contributed by atoms with E-state index in [0.29, 0.717) is 16.7 Å². The minimum Gasteiger partial charge on any atom is -0.355 e. The maximum absolute atomic E-state index is 13.3. The number of rotatable bonds is 2. The van der Waals surface area contributed by atoms with Gasteiger partial charge in [0, 0.05) is 33.7 Å². The minimum atomic E-state index is -0.304. The summed E-state index contributed by atoms with van der Waals surface area (Å²) in [4.78, 5) is 19.1. The van der Waals surface area contributed by atoms with Crippen LogP contribution in [0.25, 0.3) is 21.8 Å². The average Bonchev–Trinajstić information content (AvgIpc) is 2.55. The summed E-state index contributed by atoms with van der Waals surface area (Å²) in [6.45, 7) is 0. The molecule has 0 fully saturated rings.